The van der Waals surface area contributed by atoms with Gasteiger partial charge in [-0.25, -0.2) is 15.0 Å². The molecule has 6 aromatic rings. The predicted octanol–water partition coefficient (Wildman–Crippen LogP) is 7.89. The number of thiophene rings is 1. The lowest BCUT2D eigenvalue weighted by atomic mass is 10.1. The maximum atomic E-state index is 6.11. The van der Waals surface area contributed by atoms with Crippen molar-refractivity contribution >= 4 is 43.1 Å². The highest BCUT2D eigenvalue weighted by atomic mass is 35.5. The molecule has 152 valence electrons. The second kappa shape index (κ2) is 7.83. The Bertz CT molecular complexity index is 1570. The van der Waals surface area contributed by atoms with Crippen molar-refractivity contribution in [2.24, 2.45) is 0 Å². The first-order valence-electron chi connectivity index (χ1n) is 10.2. The first-order chi connectivity index (χ1) is 15.8. The smallest absolute Gasteiger partial charge is 0.164 e. The van der Waals surface area contributed by atoms with E-state index < -0.39 is 0 Å². The van der Waals surface area contributed by atoms with E-state index in [0.29, 0.717) is 22.5 Å². The fourth-order valence-electron chi connectivity index (χ4n) is 3.90. The van der Waals surface area contributed by atoms with Gasteiger partial charge in [0.05, 0.1) is 0 Å². The summed E-state index contributed by atoms with van der Waals surface area (Å²) in [5.74, 6) is 1.94. The van der Waals surface area contributed by atoms with E-state index in [1.165, 1.54) is 20.2 Å². The average molecular weight is 450 g/mol. The maximum absolute atomic E-state index is 6.11. The highest BCUT2D eigenvalue weighted by Gasteiger charge is 2.16. The molecule has 3 nitrogen and oxygen atoms in total. The Balaban J connectivity index is 1.64. The van der Waals surface area contributed by atoms with Crippen LogP contribution < -0.4 is 0 Å². The Morgan fingerprint density at radius 1 is 0.531 bits per heavy atom. The Morgan fingerprint density at radius 2 is 1.16 bits per heavy atom. The van der Waals surface area contributed by atoms with Gasteiger partial charge in [-0.05, 0) is 36.4 Å². The van der Waals surface area contributed by atoms with Crippen molar-refractivity contribution in [3.8, 4) is 34.2 Å². The summed E-state index contributed by atoms with van der Waals surface area (Å²) in [5.41, 5.74) is 2.86. The van der Waals surface area contributed by atoms with Crippen LogP contribution in [0.4, 0.5) is 0 Å². The highest BCUT2D eigenvalue weighted by Crippen LogP contribution is 2.39. The van der Waals surface area contributed by atoms with Crippen LogP contribution in [0.2, 0.25) is 5.02 Å². The number of hydrogen-bond donors (Lipinski definition) is 0. The van der Waals surface area contributed by atoms with Crippen LogP contribution in [0.5, 0.6) is 0 Å². The molecule has 0 aliphatic heterocycles. The first-order valence-corrected chi connectivity index (χ1v) is 11.4. The summed E-state index contributed by atoms with van der Waals surface area (Å²) in [6.45, 7) is 0. The molecule has 0 bridgehead atoms. The minimum absolute atomic E-state index is 0.627. The molecule has 0 spiro atoms. The van der Waals surface area contributed by atoms with Crippen LogP contribution in [0.3, 0.4) is 0 Å². The molecule has 0 saturated carbocycles. The van der Waals surface area contributed by atoms with Gasteiger partial charge in [0.25, 0.3) is 0 Å². The molecule has 4 aromatic carbocycles. The number of hydrogen-bond acceptors (Lipinski definition) is 4. The van der Waals surface area contributed by atoms with Crippen molar-refractivity contribution in [3.05, 3.63) is 102 Å². The summed E-state index contributed by atoms with van der Waals surface area (Å²) >= 11 is 7.90. The van der Waals surface area contributed by atoms with E-state index in [9.17, 15) is 0 Å². The molecule has 0 N–H and O–H groups in total. The molecule has 2 aromatic heterocycles. The molecule has 32 heavy (non-hydrogen) atoms. The van der Waals surface area contributed by atoms with Gasteiger partial charge in [0.15, 0.2) is 17.5 Å². The molecule has 5 heteroatoms. The van der Waals surface area contributed by atoms with Gasteiger partial charge in [-0.3, -0.25) is 0 Å². The lowest BCUT2D eigenvalue weighted by Gasteiger charge is -2.09. The minimum Gasteiger partial charge on any atom is -0.208 e. The van der Waals surface area contributed by atoms with Crippen LogP contribution in [0.1, 0.15) is 0 Å². The third kappa shape index (κ3) is 3.34. The SMILES string of the molecule is Clc1ccc(-c2nc(-c3ccccc3)nc(-c3cccc4sc5ccccc5c34)n2)cc1. The van der Waals surface area contributed by atoms with E-state index in [2.05, 4.69) is 42.5 Å². The van der Waals surface area contributed by atoms with E-state index in [1.54, 1.807) is 11.3 Å². The molecule has 0 radical (unpaired) electrons. The number of rotatable bonds is 3. The standard InChI is InChI=1S/C27H16ClN3S/c28-19-15-13-18(14-16-19)26-29-25(17-7-2-1-3-8-17)30-27(31-26)21-10-6-12-23-24(21)20-9-4-5-11-22(20)32-23/h1-16H. The second-order valence-electron chi connectivity index (χ2n) is 7.46. The van der Waals surface area contributed by atoms with Gasteiger partial charge in [0.2, 0.25) is 0 Å². The molecule has 6 rings (SSSR count). The Labute approximate surface area is 194 Å². The third-order valence-electron chi connectivity index (χ3n) is 5.41. The van der Waals surface area contributed by atoms with Crippen molar-refractivity contribution in [2.45, 2.75) is 0 Å². The molecular weight excluding hydrogens is 434 g/mol. The minimum atomic E-state index is 0.627. The van der Waals surface area contributed by atoms with Gasteiger partial charge >= 0.3 is 0 Å². The molecule has 2 heterocycles. The van der Waals surface area contributed by atoms with Crippen molar-refractivity contribution < 1.29 is 0 Å². The van der Waals surface area contributed by atoms with Gasteiger partial charge in [-0.2, -0.15) is 0 Å². The Kier molecular flexibility index (Phi) is 4.67. The molecular formula is C27H16ClN3S. The van der Waals surface area contributed by atoms with Crippen LogP contribution >= 0.6 is 22.9 Å². The zero-order chi connectivity index (χ0) is 21.5. The zero-order valence-corrected chi connectivity index (χ0v) is 18.4. The third-order valence-corrected chi connectivity index (χ3v) is 6.80. The van der Waals surface area contributed by atoms with Crippen molar-refractivity contribution in [3.63, 3.8) is 0 Å². The summed E-state index contributed by atoms with van der Waals surface area (Å²) in [5, 5.41) is 3.08. The van der Waals surface area contributed by atoms with E-state index >= 15 is 0 Å². The van der Waals surface area contributed by atoms with Crippen LogP contribution in [0.25, 0.3) is 54.3 Å². The van der Waals surface area contributed by atoms with Gasteiger partial charge in [0, 0.05) is 41.9 Å². The Hall–Kier alpha value is -3.60. The van der Waals surface area contributed by atoms with Crippen molar-refractivity contribution in [1.29, 1.82) is 0 Å². The molecule has 0 amide bonds. The van der Waals surface area contributed by atoms with Crippen LogP contribution in [-0.4, -0.2) is 15.0 Å². The molecule has 0 aliphatic rings. The van der Waals surface area contributed by atoms with Crippen LogP contribution in [-0.2, 0) is 0 Å². The predicted molar refractivity (Wildman–Crippen MR) is 134 cm³/mol. The number of nitrogens with zero attached hydrogens (tertiary/aromatic N) is 3. The van der Waals surface area contributed by atoms with Crippen molar-refractivity contribution in [2.75, 3.05) is 0 Å². The monoisotopic (exact) mass is 449 g/mol. The highest BCUT2D eigenvalue weighted by molar-refractivity contribution is 7.25. The molecule has 0 saturated heterocycles. The summed E-state index contributed by atoms with van der Waals surface area (Å²) in [4.78, 5) is 14.6. The largest absolute Gasteiger partial charge is 0.208 e. The summed E-state index contributed by atoms with van der Waals surface area (Å²) in [6, 6.07) is 32.4. The number of halogens is 1. The summed E-state index contributed by atoms with van der Waals surface area (Å²) in [6.07, 6.45) is 0. The quantitative estimate of drug-likeness (QED) is 0.275. The normalized spacial score (nSPS) is 11.3. The topological polar surface area (TPSA) is 38.7 Å². The number of fused-ring (bicyclic) bond motifs is 3. The van der Waals surface area contributed by atoms with Crippen LogP contribution in [0, 0.1) is 0 Å². The Morgan fingerprint density at radius 3 is 1.94 bits per heavy atom. The van der Waals surface area contributed by atoms with E-state index in [4.69, 9.17) is 26.6 Å². The molecule has 0 fully saturated rings. The van der Waals surface area contributed by atoms with Crippen molar-refractivity contribution in [1.82, 2.24) is 15.0 Å². The summed E-state index contributed by atoms with van der Waals surface area (Å²) in [7, 11) is 0. The fourth-order valence-corrected chi connectivity index (χ4v) is 5.16. The lowest BCUT2D eigenvalue weighted by molar-refractivity contribution is 1.08. The van der Waals surface area contributed by atoms with Gasteiger partial charge in [-0.15, -0.1) is 11.3 Å². The average Bonchev–Trinajstić information content (AvgIpc) is 3.24. The summed E-state index contributed by atoms with van der Waals surface area (Å²) < 4.78 is 2.48. The molecule has 0 unspecified atom stereocenters. The van der Waals surface area contributed by atoms with Crippen LogP contribution in [0.15, 0.2) is 97.1 Å². The van der Waals surface area contributed by atoms with E-state index in [-0.39, 0.29) is 0 Å². The molecule has 0 atom stereocenters. The molecule has 0 aliphatic carbocycles. The van der Waals surface area contributed by atoms with Gasteiger partial charge in [-0.1, -0.05) is 72.3 Å². The van der Waals surface area contributed by atoms with Gasteiger partial charge in [0.1, 0.15) is 0 Å². The van der Waals surface area contributed by atoms with E-state index in [0.717, 1.165) is 16.7 Å². The number of aromatic nitrogens is 3. The fraction of sp³-hybridized carbons (Fsp3) is 0. The maximum Gasteiger partial charge on any atom is 0.164 e. The van der Waals surface area contributed by atoms with Gasteiger partial charge < -0.3 is 0 Å². The lowest BCUT2D eigenvalue weighted by Crippen LogP contribution is -2.00. The zero-order valence-electron chi connectivity index (χ0n) is 16.9. The first kappa shape index (κ1) is 19.1. The number of benzene rings is 4. The van der Waals surface area contributed by atoms with E-state index in [1.807, 2.05) is 54.6 Å². The second-order valence-corrected chi connectivity index (χ2v) is 8.98.